The lowest BCUT2D eigenvalue weighted by atomic mass is 10.2. The van der Waals surface area contributed by atoms with Gasteiger partial charge < -0.3 is 5.32 Å². The van der Waals surface area contributed by atoms with Gasteiger partial charge in [0.15, 0.2) is 0 Å². The second-order valence-electron chi connectivity index (χ2n) is 4.50. The Labute approximate surface area is 127 Å². The van der Waals surface area contributed by atoms with Crippen molar-refractivity contribution < 1.29 is 4.79 Å². The van der Waals surface area contributed by atoms with Crippen molar-refractivity contribution >= 4 is 21.8 Å². The summed E-state index contributed by atoms with van der Waals surface area (Å²) in [5.74, 6) is -0.0815. The maximum atomic E-state index is 12.2. The van der Waals surface area contributed by atoms with E-state index in [0.717, 1.165) is 22.2 Å². The van der Waals surface area contributed by atoms with Crippen molar-refractivity contribution in [3.05, 3.63) is 51.8 Å². The van der Waals surface area contributed by atoms with Crippen molar-refractivity contribution in [1.82, 2.24) is 15.1 Å². The summed E-state index contributed by atoms with van der Waals surface area (Å²) in [5, 5.41) is 7.32. The molecular formula is C15H18BrN3O. The van der Waals surface area contributed by atoms with Gasteiger partial charge >= 0.3 is 0 Å². The van der Waals surface area contributed by atoms with E-state index in [9.17, 15) is 4.79 Å². The molecule has 106 valence electrons. The van der Waals surface area contributed by atoms with Gasteiger partial charge in [0.2, 0.25) is 0 Å². The molecule has 1 N–H and O–H groups in total. The average molecular weight is 336 g/mol. The maximum absolute atomic E-state index is 12.2. The Balaban J connectivity index is 2.04. The van der Waals surface area contributed by atoms with Crippen LogP contribution in [0.15, 0.2) is 34.8 Å². The first-order chi connectivity index (χ1) is 9.63. The van der Waals surface area contributed by atoms with Gasteiger partial charge in [-0.25, -0.2) is 0 Å². The van der Waals surface area contributed by atoms with Gasteiger partial charge in [-0.1, -0.05) is 35.0 Å². The highest BCUT2D eigenvalue weighted by molar-refractivity contribution is 9.10. The summed E-state index contributed by atoms with van der Waals surface area (Å²) in [6.45, 7) is 5.23. The van der Waals surface area contributed by atoms with Gasteiger partial charge in [-0.3, -0.25) is 9.48 Å². The van der Waals surface area contributed by atoms with Crippen molar-refractivity contribution in [2.45, 2.75) is 33.4 Å². The number of nitrogens with zero attached hydrogens (tertiary/aromatic N) is 2. The molecule has 0 saturated carbocycles. The zero-order chi connectivity index (χ0) is 14.5. The Morgan fingerprint density at radius 3 is 2.60 bits per heavy atom. The zero-order valence-electron chi connectivity index (χ0n) is 11.7. The number of aromatic nitrogens is 2. The minimum atomic E-state index is -0.0815. The van der Waals surface area contributed by atoms with E-state index in [1.807, 2.05) is 44.2 Å². The molecule has 0 aliphatic rings. The van der Waals surface area contributed by atoms with Crippen molar-refractivity contribution in [1.29, 1.82) is 0 Å². The second-order valence-corrected chi connectivity index (χ2v) is 5.42. The molecule has 0 radical (unpaired) electrons. The summed E-state index contributed by atoms with van der Waals surface area (Å²) in [7, 11) is 0. The highest BCUT2D eigenvalue weighted by Gasteiger charge is 2.13. The van der Waals surface area contributed by atoms with E-state index in [4.69, 9.17) is 0 Å². The first-order valence-electron chi connectivity index (χ1n) is 6.73. The summed E-state index contributed by atoms with van der Waals surface area (Å²) in [4.78, 5) is 12.2. The highest BCUT2D eigenvalue weighted by Crippen LogP contribution is 2.11. The lowest BCUT2D eigenvalue weighted by molar-refractivity contribution is 0.0940. The van der Waals surface area contributed by atoms with Gasteiger partial charge in [-0.2, -0.15) is 5.10 Å². The Kier molecular flexibility index (Phi) is 4.95. The standard InChI is InChI=1S/C15H18BrN3O/c1-3-13-9-14(19(4-2)18-13)15(20)17-10-11-5-7-12(16)8-6-11/h5-9H,3-4,10H2,1-2H3,(H,17,20). The van der Waals surface area contributed by atoms with Gasteiger partial charge in [-0.05, 0) is 37.1 Å². The fourth-order valence-electron chi connectivity index (χ4n) is 1.94. The minimum absolute atomic E-state index is 0.0815. The van der Waals surface area contributed by atoms with Gasteiger partial charge in [0.25, 0.3) is 5.91 Å². The van der Waals surface area contributed by atoms with Crippen LogP contribution >= 0.6 is 15.9 Å². The van der Waals surface area contributed by atoms with E-state index < -0.39 is 0 Å². The van der Waals surface area contributed by atoms with Gasteiger partial charge in [0.05, 0.1) is 5.69 Å². The molecule has 4 nitrogen and oxygen atoms in total. The number of halogens is 1. The summed E-state index contributed by atoms with van der Waals surface area (Å²) < 4.78 is 2.78. The fraction of sp³-hybridized carbons (Fsp3) is 0.333. The number of nitrogens with one attached hydrogen (secondary N) is 1. The first kappa shape index (κ1) is 14.8. The number of carbonyl (C=O) groups is 1. The van der Waals surface area contributed by atoms with Crippen LogP contribution in [-0.4, -0.2) is 15.7 Å². The summed E-state index contributed by atoms with van der Waals surface area (Å²) >= 11 is 3.39. The molecular weight excluding hydrogens is 318 g/mol. The highest BCUT2D eigenvalue weighted by atomic mass is 79.9. The van der Waals surface area contributed by atoms with Crippen LogP contribution in [0.1, 0.15) is 35.6 Å². The average Bonchev–Trinajstić information content (AvgIpc) is 2.90. The van der Waals surface area contributed by atoms with E-state index in [-0.39, 0.29) is 5.91 Å². The molecule has 0 spiro atoms. The number of aryl methyl sites for hydroxylation is 2. The molecule has 1 aromatic carbocycles. The Morgan fingerprint density at radius 1 is 1.30 bits per heavy atom. The number of hydrogen-bond donors (Lipinski definition) is 1. The van der Waals surface area contributed by atoms with Crippen LogP contribution in [0.2, 0.25) is 0 Å². The van der Waals surface area contributed by atoms with Crippen LogP contribution in [0.4, 0.5) is 0 Å². The molecule has 0 unspecified atom stereocenters. The summed E-state index contributed by atoms with van der Waals surface area (Å²) in [6.07, 6.45) is 0.833. The maximum Gasteiger partial charge on any atom is 0.269 e. The molecule has 2 rings (SSSR count). The van der Waals surface area contributed by atoms with Gasteiger partial charge in [0, 0.05) is 17.6 Å². The molecule has 0 fully saturated rings. The third-order valence-electron chi connectivity index (χ3n) is 3.09. The Bertz CT molecular complexity index is 590. The topological polar surface area (TPSA) is 46.9 Å². The molecule has 0 atom stereocenters. The molecule has 5 heteroatoms. The molecule has 0 saturated heterocycles. The van der Waals surface area contributed by atoms with E-state index >= 15 is 0 Å². The molecule has 1 aromatic heterocycles. The third kappa shape index (κ3) is 3.48. The van der Waals surface area contributed by atoms with Crippen molar-refractivity contribution in [2.75, 3.05) is 0 Å². The molecule has 1 amide bonds. The molecule has 2 aromatic rings. The largest absolute Gasteiger partial charge is 0.347 e. The van der Waals surface area contributed by atoms with Crippen LogP contribution in [-0.2, 0) is 19.5 Å². The van der Waals surface area contributed by atoms with Crippen molar-refractivity contribution in [2.24, 2.45) is 0 Å². The van der Waals surface area contributed by atoms with Crippen LogP contribution < -0.4 is 5.32 Å². The third-order valence-corrected chi connectivity index (χ3v) is 3.62. The smallest absolute Gasteiger partial charge is 0.269 e. The zero-order valence-corrected chi connectivity index (χ0v) is 13.3. The van der Waals surface area contributed by atoms with Crippen molar-refractivity contribution in [3.8, 4) is 0 Å². The normalized spacial score (nSPS) is 10.6. The van der Waals surface area contributed by atoms with Crippen LogP contribution in [0.25, 0.3) is 0 Å². The lowest BCUT2D eigenvalue weighted by Gasteiger charge is -2.06. The molecule has 0 bridgehead atoms. The van der Waals surface area contributed by atoms with Crippen molar-refractivity contribution in [3.63, 3.8) is 0 Å². The Morgan fingerprint density at radius 2 is 2.00 bits per heavy atom. The molecule has 0 aliphatic carbocycles. The first-order valence-corrected chi connectivity index (χ1v) is 7.52. The summed E-state index contributed by atoms with van der Waals surface area (Å²) in [6, 6.07) is 9.76. The van der Waals surface area contributed by atoms with Crippen LogP contribution in [0.3, 0.4) is 0 Å². The van der Waals surface area contributed by atoms with Crippen LogP contribution in [0.5, 0.6) is 0 Å². The number of benzene rings is 1. The van der Waals surface area contributed by atoms with E-state index in [2.05, 4.69) is 26.3 Å². The Hall–Kier alpha value is -1.62. The lowest BCUT2D eigenvalue weighted by Crippen LogP contribution is -2.25. The molecule has 20 heavy (non-hydrogen) atoms. The number of hydrogen-bond acceptors (Lipinski definition) is 2. The van der Waals surface area contributed by atoms with Gasteiger partial charge in [0.1, 0.15) is 5.69 Å². The minimum Gasteiger partial charge on any atom is -0.347 e. The van der Waals surface area contributed by atoms with E-state index in [0.29, 0.717) is 18.8 Å². The SMILES string of the molecule is CCc1cc(C(=O)NCc2ccc(Br)cc2)n(CC)n1. The van der Waals surface area contributed by atoms with Crippen LogP contribution in [0, 0.1) is 0 Å². The monoisotopic (exact) mass is 335 g/mol. The van der Waals surface area contributed by atoms with E-state index in [1.165, 1.54) is 0 Å². The second kappa shape index (κ2) is 6.70. The predicted octanol–water partition coefficient (Wildman–Crippen LogP) is 3.16. The number of carbonyl (C=O) groups excluding carboxylic acids is 1. The molecule has 0 aliphatic heterocycles. The predicted molar refractivity (Wildman–Crippen MR) is 82.6 cm³/mol. The van der Waals surface area contributed by atoms with Gasteiger partial charge in [-0.15, -0.1) is 0 Å². The summed E-state index contributed by atoms with van der Waals surface area (Å²) in [5.41, 5.74) is 2.64. The quantitative estimate of drug-likeness (QED) is 0.912. The number of amides is 1. The van der Waals surface area contributed by atoms with E-state index in [1.54, 1.807) is 4.68 Å². The fourth-order valence-corrected chi connectivity index (χ4v) is 2.21. The number of rotatable bonds is 5. The molecule has 1 heterocycles.